The molecule has 0 saturated carbocycles. The number of fused-ring (bicyclic) bond motifs is 1. The van der Waals surface area contributed by atoms with Gasteiger partial charge in [0.15, 0.2) is 0 Å². The number of carbonyl (C=O) groups excluding carboxylic acids is 2. The number of anilines is 1. The van der Waals surface area contributed by atoms with E-state index in [1.54, 1.807) is 36.4 Å². The summed E-state index contributed by atoms with van der Waals surface area (Å²) in [5.41, 5.74) is 8.22. The van der Waals surface area contributed by atoms with Gasteiger partial charge in [0, 0.05) is 18.5 Å². The fourth-order valence-electron chi connectivity index (χ4n) is 2.88. The van der Waals surface area contributed by atoms with Crippen LogP contribution in [0, 0.1) is 0 Å². The fraction of sp³-hybridized carbons (Fsp3) is 0.211. The van der Waals surface area contributed by atoms with Crippen LogP contribution in [0.5, 0.6) is 0 Å². The van der Waals surface area contributed by atoms with Crippen molar-refractivity contribution < 1.29 is 9.59 Å². The molecule has 0 spiro atoms. The topological polar surface area (TPSA) is 90.0 Å². The predicted molar refractivity (Wildman–Crippen MR) is 97.7 cm³/mol. The Morgan fingerprint density at radius 2 is 1.88 bits per heavy atom. The Morgan fingerprint density at radius 3 is 2.56 bits per heavy atom. The van der Waals surface area contributed by atoms with Gasteiger partial charge in [-0.25, -0.2) is 4.98 Å². The summed E-state index contributed by atoms with van der Waals surface area (Å²) < 4.78 is 2.03. The molecule has 2 amide bonds. The maximum absolute atomic E-state index is 12.6. The average molecular weight is 336 g/mol. The van der Waals surface area contributed by atoms with Gasteiger partial charge in [-0.1, -0.05) is 26.0 Å². The first kappa shape index (κ1) is 16.7. The van der Waals surface area contributed by atoms with Crippen molar-refractivity contribution in [2.45, 2.75) is 19.8 Å². The number of nitrogens with zero attached hydrogens (tertiary/aromatic N) is 2. The molecule has 0 aliphatic rings. The molecule has 0 aliphatic heterocycles. The van der Waals surface area contributed by atoms with Crippen LogP contribution in [-0.4, -0.2) is 21.4 Å². The molecule has 6 heteroatoms. The lowest BCUT2D eigenvalue weighted by Gasteiger charge is -2.09. The molecule has 0 bridgehead atoms. The summed E-state index contributed by atoms with van der Waals surface area (Å²) >= 11 is 0. The van der Waals surface area contributed by atoms with E-state index in [4.69, 9.17) is 5.73 Å². The number of imidazole rings is 1. The second-order valence-electron chi connectivity index (χ2n) is 6.25. The Balaban J connectivity index is 1.94. The molecular formula is C19H20N4O2. The SMILES string of the molecule is CC(C)c1nc2cc(C(=O)Nc3ccccc3C(N)=O)ccc2n1C. The monoisotopic (exact) mass is 336 g/mol. The Bertz CT molecular complexity index is 973. The van der Waals surface area contributed by atoms with Crippen molar-refractivity contribution in [2.24, 2.45) is 12.8 Å². The minimum atomic E-state index is -0.586. The zero-order chi connectivity index (χ0) is 18.1. The first-order valence-corrected chi connectivity index (χ1v) is 8.05. The smallest absolute Gasteiger partial charge is 0.255 e. The van der Waals surface area contributed by atoms with Crippen LogP contribution in [0.4, 0.5) is 5.69 Å². The van der Waals surface area contributed by atoms with Crippen molar-refractivity contribution in [1.82, 2.24) is 9.55 Å². The van der Waals surface area contributed by atoms with Crippen molar-refractivity contribution in [2.75, 3.05) is 5.32 Å². The van der Waals surface area contributed by atoms with Gasteiger partial charge >= 0.3 is 0 Å². The van der Waals surface area contributed by atoms with E-state index in [0.29, 0.717) is 11.3 Å². The molecule has 1 aromatic heterocycles. The molecule has 0 aliphatic carbocycles. The van der Waals surface area contributed by atoms with Crippen LogP contribution in [0.2, 0.25) is 0 Å². The molecule has 1 heterocycles. The molecule has 0 saturated heterocycles. The van der Waals surface area contributed by atoms with E-state index in [-0.39, 0.29) is 17.4 Å². The lowest BCUT2D eigenvalue weighted by molar-refractivity contribution is 0.100. The lowest BCUT2D eigenvalue weighted by Crippen LogP contribution is -2.18. The third-order valence-electron chi connectivity index (χ3n) is 4.13. The summed E-state index contributed by atoms with van der Waals surface area (Å²) in [5, 5.41) is 2.74. The molecule has 0 unspecified atom stereocenters. The summed E-state index contributed by atoms with van der Waals surface area (Å²) in [6, 6.07) is 12.0. The van der Waals surface area contributed by atoms with Crippen LogP contribution < -0.4 is 11.1 Å². The molecule has 3 N–H and O–H groups in total. The van der Waals surface area contributed by atoms with Gasteiger partial charge in [-0.05, 0) is 30.3 Å². The van der Waals surface area contributed by atoms with Gasteiger partial charge in [-0.2, -0.15) is 0 Å². The van der Waals surface area contributed by atoms with Gasteiger partial charge in [-0.3, -0.25) is 9.59 Å². The van der Waals surface area contributed by atoms with Gasteiger partial charge in [0.2, 0.25) is 0 Å². The standard InChI is InChI=1S/C19H20N4O2/c1-11(2)18-21-15-10-12(8-9-16(15)23(18)3)19(25)22-14-7-5-4-6-13(14)17(20)24/h4-11H,1-3H3,(H2,20,24)(H,22,25). The van der Waals surface area contributed by atoms with E-state index < -0.39 is 5.91 Å². The molecular weight excluding hydrogens is 316 g/mol. The molecule has 0 atom stereocenters. The quantitative estimate of drug-likeness (QED) is 0.767. The molecule has 3 aromatic rings. The number of rotatable bonds is 4. The number of aryl methyl sites for hydroxylation is 1. The fourth-order valence-corrected chi connectivity index (χ4v) is 2.88. The minimum Gasteiger partial charge on any atom is -0.366 e. The lowest BCUT2D eigenvalue weighted by atomic mass is 10.1. The maximum atomic E-state index is 12.6. The van der Waals surface area contributed by atoms with Crippen LogP contribution in [-0.2, 0) is 7.05 Å². The van der Waals surface area contributed by atoms with Gasteiger partial charge in [0.25, 0.3) is 11.8 Å². The van der Waals surface area contributed by atoms with Crippen LogP contribution in [0.3, 0.4) is 0 Å². The van der Waals surface area contributed by atoms with E-state index in [0.717, 1.165) is 16.9 Å². The first-order valence-electron chi connectivity index (χ1n) is 8.05. The van der Waals surface area contributed by atoms with Crippen molar-refractivity contribution in [3.8, 4) is 0 Å². The van der Waals surface area contributed by atoms with E-state index in [1.165, 1.54) is 0 Å². The van der Waals surface area contributed by atoms with Crippen molar-refractivity contribution in [3.63, 3.8) is 0 Å². The number of hydrogen-bond acceptors (Lipinski definition) is 3. The van der Waals surface area contributed by atoms with E-state index in [9.17, 15) is 9.59 Å². The van der Waals surface area contributed by atoms with Crippen LogP contribution in [0.1, 0.15) is 46.3 Å². The van der Waals surface area contributed by atoms with E-state index in [2.05, 4.69) is 24.1 Å². The first-order chi connectivity index (χ1) is 11.9. The minimum absolute atomic E-state index is 0.275. The van der Waals surface area contributed by atoms with Gasteiger partial charge in [0.05, 0.1) is 22.3 Å². The summed E-state index contributed by atoms with van der Waals surface area (Å²) in [6.45, 7) is 4.16. The number of aromatic nitrogens is 2. The highest BCUT2D eigenvalue weighted by Gasteiger charge is 2.15. The Hall–Kier alpha value is -3.15. The van der Waals surface area contributed by atoms with Crippen molar-refractivity contribution in [3.05, 3.63) is 59.4 Å². The molecule has 6 nitrogen and oxygen atoms in total. The van der Waals surface area contributed by atoms with E-state index in [1.807, 2.05) is 17.7 Å². The summed E-state index contributed by atoms with van der Waals surface area (Å²) in [4.78, 5) is 28.7. The number of benzene rings is 2. The number of nitrogens with one attached hydrogen (secondary N) is 1. The highest BCUT2D eigenvalue weighted by molar-refractivity contribution is 6.09. The van der Waals surface area contributed by atoms with E-state index >= 15 is 0 Å². The van der Waals surface area contributed by atoms with Crippen molar-refractivity contribution in [1.29, 1.82) is 0 Å². The average Bonchev–Trinajstić information content (AvgIpc) is 2.91. The number of nitrogens with two attached hydrogens (primary N) is 1. The maximum Gasteiger partial charge on any atom is 0.255 e. The van der Waals surface area contributed by atoms with Gasteiger partial charge in [0.1, 0.15) is 5.82 Å². The molecule has 0 radical (unpaired) electrons. The second kappa shape index (κ2) is 6.39. The van der Waals surface area contributed by atoms with Crippen molar-refractivity contribution >= 4 is 28.5 Å². The second-order valence-corrected chi connectivity index (χ2v) is 6.25. The predicted octanol–water partition coefficient (Wildman–Crippen LogP) is 3.05. The van der Waals surface area contributed by atoms with Gasteiger partial charge < -0.3 is 15.6 Å². The van der Waals surface area contributed by atoms with Crippen LogP contribution in [0.15, 0.2) is 42.5 Å². The normalized spacial score (nSPS) is 11.0. The Labute approximate surface area is 145 Å². The zero-order valence-corrected chi connectivity index (χ0v) is 14.4. The largest absolute Gasteiger partial charge is 0.366 e. The highest BCUT2D eigenvalue weighted by Crippen LogP contribution is 2.22. The molecule has 2 aromatic carbocycles. The summed E-state index contributed by atoms with van der Waals surface area (Å²) in [7, 11) is 1.97. The number of primary amides is 1. The Kier molecular flexibility index (Phi) is 4.27. The molecule has 25 heavy (non-hydrogen) atoms. The third kappa shape index (κ3) is 3.10. The van der Waals surface area contributed by atoms with Gasteiger partial charge in [-0.15, -0.1) is 0 Å². The summed E-state index contributed by atoms with van der Waals surface area (Å²) in [6.07, 6.45) is 0. The number of amides is 2. The number of carbonyl (C=O) groups is 2. The van der Waals surface area contributed by atoms with Crippen LogP contribution in [0.25, 0.3) is 11.0 Å². The van der Waals surface area contributed by atoms with Crippen LogP contribution >= 0.6 is 0 Å². The number of para-hydroxylation sites is 1. The zero-order valence-electron chi connectivity index (χ0n) is 14.4. The molecule has 128 valence electrons. The highest BCUT2D eigenvalue weighted by atomic mass is 16.2. The third-order valence-corrected chi connectivity index (χ3v) is 4.13. The number of hydrogen-bond donors (Lipinski definition) is 2. The molecule has 0 fully saturated rings. The summed E-state index contributed by atoms with van der Waals surface area (Å²) in [5.74, 6) is 0.355. The molecule has 3 rings (SSSR count). The Morgan fingerprint density at radius 1 is 1.16 bits per heavy atom.